The Hall–Kier alpha value is -4.30. The van der Waals surface area contributed by atoms with Crippen molar-refractivity contribution in [2.24, 2.45) is 0 Å². The Morgan fingerprint density at radius 2 is 1.78 bits per heavy atom. The van der Waals surface area contributed by atoms with Crippen molar-refractivity contribution >= 4 is 17.0 Å². The molecule has 3 heterocycles. The lowest BCUT2D eigenvalue weighted by atomic mass is 9.96. The quantitative estimate of drug-likeness (QED) is 0.208. The molecule has 0 amide bonds. The summed E-state index contributed by atoms with van der Waals surface area (Å²) in [7, 11) is 0. The van der Waals surface area contributed by atoms with Crippen LogP contribution >= 0.6 is 0 Å². The summed E-state index contributed by atoms with van der Waals surface area (Å²) in [5.74, 6) is -1.20. The molecule has 6 rings (SSSR count). The van der Waals surface area contributed by atoms with Crippen LogP contribution in [-0.2, 0) is 43.6 Å². The van der Waals surface area contributed by atoms with E-state index in [1.165, 1.54) is 24.3 Å². The van der Waals surface area contributed by atoms with Gasteiger partial charge in [0, 0.05) is 19.7 Å². The minimum atomic E-state index is -4.86. The predicted octanol–water partition coefficient (Wildman–Crippen LogP) is 6.58. The standard InChI is InChI=1S/C31H27F6N3O5/c32-30(33,34)24-11-19-7-9-39(14-21(19)13-27(24)44-17-18-1-4-22(5-2-18)45-31(35,36)37)16-28-38-25-6-3-20(29(41)42)12-26(25)40(28)15-23-8-10-43-23/h1-6,11-13,23H,7-10,14-17H2,(H,41,42)/t23-/m0/s1. The number of rotatable bonds is 9. The number of ether oxygens (including phenoxy) is 3. The van der Waals surface area contributed by atoms with Crippen LogP contribution in [0.25, 0.3) is 11.0 Å². The number of carboxylic acid groups (broad SMARTS) is 1. The van der Waals surface area contributed by atoms with Crippen molar-refractivity contribution in [3.8, 4) is 11.5 Å². The second kappa shape index (κ2) is 11.9. The van der Waals surface area contributed by atoms with Gasteiger partial charge in [-0.2, -0.15) is 13.2 Å². The van der Waals surface area contributed by atoms with Gasteiger partial charge in [-0.25, -0.2) is 9.78 Å². The number of hydrogen-bond donors (Lipinski definition) is 1. The lowest BCUT2D eigenvalue weighted by Gasteiger charge is -2.31. The summed E-state index contributed by atoms with van der Waals surface area (Å²) in [6.45, 7) is 2.00. The highest BCUT2D eigenvalue weighted by Gasteiger charge is 2.36. The van der Waals surface area contributed by atoms with Gasteiger partial charge in [0.25, 0.3) is 0 Å². The molecule has 45 heavy (non-hydrogen) atoms. The highest BCUT2D eigenvalue weighted by Crippen LogP contribution is 2.40. The number of carbonyl (C=O) groups is 1. The first-order valence-electron chi connectivity index (χ1n) is 14.1. The molecule has 8 nitrogen and oxygen atoms in total. The molecule has 2 aliphatic heterocycles. The fourth-order valence-electron chi connectivity index (χ4n) is 5.53. The number of aromatic carboxylic acids is 1. The monoisotopic (exact) mass is 635 g/mol. The fourth-order valence-corrected chi connectivity index (χ4v) is 5.53. The SMILES string of the molecule is O=C(O)c1ccc2nc(CN3CCc4cc(C(F)(F)F)c(OCc5ccc(OC(F)(F)F)cc5)cc4C3)n(C[C@@H]3CCO3)c2c1. The second-order valence-electron chi connectivity index (χ2n) is 11.0. The van der Waals surface area contributed by atoms with Crippen LogP contribution in [-0.4, -0.2) is 51.1 Å². The summed E-state index contributed by atoms with van der Waals surface area (Å²) >= 11 is 0. The number of carboxylic acids is 1. The molecule has 0 aliphatic carbocycles. The van der Waals surface area contributed by atoms with Crippen LogP contribution in [0.4, 0.5) is 26.3 Å². The zero-order chi connectivity index (χ0) is 31.9. The van der Waals surface area contributed by atoms with Crippen molar-refractivity contribution in [2.45, 2.75) is 57.7 Å². The molecule has 0 bridgehead atoms. The molecule has 1 atom stereocenters. The Bertz CT molecular complexity index is 1710. The van der Waals surface area contributed by atoms with Gasteiger partial charge in [-0.1, -0.05) is 12.1 Å². The Morgan fingerprint density at radius 1 is 1.02 bits per heavy atom. The molecule has 238 valence electrons. The molecule has 1 N–H and O–H groups in total. The van der Waals surface area contributed by atoms with E-state index in [0.717, 1.165) is 24.6 Å². The molecular formula is C31H27F6N3O5. The molecule has 2 aliphatic rings. The molecular weight excluding hydrogens is 608 g/mol. The van der Waals surface area contributed by atoms with Crippen molar-refractivity contribution in [1.82, 2.24) is 14.5 Å². The van der Waals surface area contributed by atoms with Gasteiger partial charge in [0.1, 0.15) is 23.9 Å². The Labute approximate surface area is 252 Å². The minimum absolute atomic E-state index is 0.0226. The van der Waals surface area contributed by atoms with E-state index in [1.54, 1.807) is 12.1 Å². The highest BCUT2D eigenvalue weighted by atomic mass is 19.4. The molecule has 0 spiro atoms. The number of halogens is 6. The zero-order valence-electron chi connectivity index (χ0n) is 23.6. The molecule has 14 heteroatoms. The van der Waals surface area contributed by atoms with Gasteiger partial charge in [-0.15, -0.1) is 13.2 Å². The van der Waals surface area contributed by atoms with E-state index in [9.17, 15) is 36.2 Å². The van der Waals surface area contributed by atoms with E-state index in [0.29, 0.717) is 72.8 Å². The van der Waals surface area contributed by atoms with Gasteiger partial charge in [0.15, 0.2) is 0 Å². The van der Waals surface area contributed by atoms with Crippen molar-refractivity contribution in [1.29, 1.82) is 0 Å². The number of imidazole rings is 1. The van der Waals surface area contributed by atoms with Crippen molar-refractivity contribution in [2.75, 3.05) is 13.2 Å². The van der Waals surface area contributed by atoms with Crippen LogP contribution in [0, 0.1) is 0 Å². The van der Waals surface area contributed by atoms with Gasteiger partial charge >= 0.3 is 18.5 Å². The van der Waals surface area contributed by atoms with Crippen LogP contribution in [0.5, 0.6) is 11.5 Å². The first kappa shape index (κ1) is 30.7. The molecule has 1 aromatic heterocycles. The Balaban J connectivity index is 1.22. The number of benzene rings is 3. The first-order valence-corrected chi connectivity index (χ1v) is 14.1. The van der Waals surface area contributed by atoms with Crippen LogP contribution in [0.1, 0.15) is 44.9 Å². The van der Waals surface area contributed by atoms with Crippen LogP contribution in [0.15, 0.2) is 54.6 Å². The van der Waals surface area contributed by atoms with E-state index < -0.39 is 29.8 Å². The van der Waals surface area contributed by atoms with Gasteiger partial charge in [-0.05, 0) is 72.0 Å². The van der Waals surface area contributed by atoms with E-state index >= 15 is 0 Å². The summed E-state index contributed by atoms with van der Waals surface area (Å²) in [6, 6.07) is 11.9. The number of fused-ring (bicyclic) bond motifs is 2. The maximum absolute atomic E-state index is 14.0. The van der Waals surface area contributed by atoms with Crippen LogP contribution in [0.3, 0.4) is 0 Å². The predicted molar refractivity (Wildman–Crippen MR) is 148 cm³/mol. The average molecular weight is 636 g/mol. The van der Waals surface area contributed by atoms with Crippen molar-refractivity contribution in [3.05, 3.63) is 88.2 Å². The topological polar surface area (TPSA) is 86.0 Å². The molecule has 1 fully saturated rings. The summed E-state index contributed by atoms with van der Waals surface area (Å²) in [5.41, 5.74) is 2.06. The smallest absolute Gasteiger partial charge is 0.488 e. The van der Waals surface area contributed by atoms with E-state index in [-0.39, 0.29) is 24.0 Å². The number of hydrogen-bond acceptors (Lipinski definition) is 6. The summed E-state index contributed by atoms with van der Waals surface area (Å²) < 4.78 is 96.4. The lowest BCUT2D eigenvalue weighted by Crippen LogP contribution is -2.34. The van der Waals surface area contributed by atoms with Gasteiger partial charge in [-0.3, -0.25) is 4.90 Å². The Morgan fingerprint density at radius 3 is 2.42 bits per heavy atom. The normalized spacial score (nSPS) is 17.2. The van der Waals surface area contributed by atoms with Gasteiger partial charge in [0.2, 0.25) is 0 Å². The zero-order valence-corrected chi connectivity index (χ0v) is 23.6. The number of aromatic nitrogens is 2. The molecule has 1 saturated heterocycles. The summed E-state index contributed by atoms with van der Waals surface area (Å²) in [5, 5.41) is 9.49. The molecule has 4 aromatic rings. The minimum Gasteiger partial charge on any atom is -0.488 e. The fraction of sp³-hybridized carbons (Fsp3) is 0.355. The number of alkyl halides is 6. The lowest BCUT2D eigenvalue weighted by molar-refractivity contribution is -0.274. The largest absolute Gasteiger partial charge is 0.573 e. The van der Waals surface area contributed by atoms with Crippen molar-refractivity contribution in [3.63, 3.8) is 0 Å². The second-order valence-corrected chi connectivity index (χ2v) is 11.0. The summed E-state index contributed by atoms with van der Waals surface area (Å²) in [6.07, 6.45) is -8.35. The first-order chi connectivity index (χ1) is 21.3. The third-order valence-electron chi connectivity index (χ3n) is 7.87. The molecule has 0 saturated carbocycles. The third-order valence-corrected chi connectivity index (χ3v) is 7.87. The molecule has 3 aromatic carbocycles. The van der Waals surface area contributed by atoms with E-state index in [1.807, 2.05) is 4.57 Å². The number of nitrogens with zero attached hydrogens (tertiary/aromatic N) is 3. The molecule has 0 radical (unpaired) electrons. The maximum Gasteiger partial charge on any atom is 0.573 e. The van der Waals surface area contributed by atoms with Crippen molar-refractivity contribution < 1.29 is 50.5 Å². The van der Waals surface area contributed by atoms with Gasteiger partial charge < -0.3 is 23.9 Å². The maximum atomic E-state index is 14.0. The molecule has 0 unspecified atom stereocenters. The summed E-state index contributed by atoms with van der Waals surface area (Å²) in [4.78, 5) is 18.4. The average Bonchev–Trinajstić information content (AvgIpc) is 3.28. The highest BCUT2D eigenvalue weighted by molar-refractivity contribution is 5.92. The van der Waals surface area contributed by atoms with E-state index in [2.05, 4.69) is 9.64 Å². The van der Waals surface area contributed by atoms with E-state index in [4.69, 9.17) is 14.5 Å². The van der Waals surface area contributed by atoms with Crippen LogP contribution in [0.2, 0.25) is 0 Å². The van der Waals surface area contributed by atoms with Gasteiger partial charge in [0.05, 0.1) is 41.4 Å². The third kappa shape index (κ3) is 7.01. The Kier molecular flexibility index (Phi) is 8.12. The van der Waals surface area contributed by atoms with Crippen LogP contribution < -0.4 is 9.47 Å².